The lowest BCUT2D eigenvalue weighted by molar-refractivity contribution is -0.173. The summed E-state index contributed by atoms with van der Waals surface area (Å²) in [7, 11) is 0. The van der Waals surface area contributed by atoms with Crippen LogP contribution in [0.4, 0.5) is 0 Å². The summed E-state index contributed by atoms with van der Waals surface area (Å²) in [6.45, 7) is 4.16. The third-order valence-electron chi connectivity index (χ3n) is 2.27. The first-order valence-electron chi connectivity index (χ1n) is 6.24. The van der Waals surface area contributed by atoms with Crippen molar-refractivity contribution in [3.8, 4) is 0 Å². The molecule has 0 aliphatic rings. The summed E-state index contributed by atoms with van der Waals surface area (Å²) in [5, 5.41) is 18.8. The Morgan fingerprint density at radius 1 is 0.889 bits per heavy atom. The number of aliphatic hydroxyl groups is 2. The fourth-order valence-corrected chi connectivity index (χ4v) is 1.06. The van der Waals surface area contributed by atoms with E-state index in [2.05, 4.69) is 9.47 Å². The standard InChI is InChI=1S/C12H22O6/c1-3-5-7-17-11(15)9(13)10(14)12(16)18-8-6-4-2/h9-10,13-14H,3-8H2,1-2H3. The van der Waals surface area contributed by atoms with E-state index in [1.54, 1.807) is 0 Å². The van der Waals surface area contributed by atoms with Gasteiger partial charge in [0.1, 0.15) is 0 Å². The van der Waals surface area contributed by atoms with Crippen molar-refractivity contribution < 1.29 is 29.3 Å². The molecule has 0 aliphatic heterocycles. The van der Waals surface area contributed by atoms with Crippen molar-refractivity contribution in [1.29, 1.82) is 0 Å². The summed E-state index contributed by atoms with van der Waals surface area (Å²) in [5.41, 5.74) is 0. The molecule has 0 saturated heterocycles. The van der Waals surface area contributed by atoms with Crippen LogP contribution in [-0.4, -0.2) is 47.6 Å². The van der Waals surface area contributed by atoms with E-state index in [1.165, 1.54) is 0 Å². The molecule has 106 valence electrons. The minimum absolute atomic E-state index is 0.157. The van der Waals surface area contributed by atoms with Gasteiger partial charge in [-0.1, -0.05) is 26.7 Å². The molecule has 0 spiro atoms. The molecular formula is C12H22O6. The average molecular weight is 262 g/mol. The molecule has 0 aromatic carbocycles. The van der Waals surface area contributed by atoms with Crippen LogP contribution in [0.5, 0.6) is 0 Å². The molecule has 0 rings (SSSR count). The van der Waals surface area contributed by atoms with Crippen LogP contribution >= 0.6 is 0 Å². The number of hydrogen-bond acceptors (Lipinski definition) is 6. The summed E-state index contributed by atoms with van der Waals surface area (Å²) in [4.78, 5) is 22.5. The molecule has 2 N–H and O–H groups in total. The van der Waals surface area contributed by atoms with Gasteiger partial charge in [-0.25, -0.2) is 9.59 Å². The van der Waals surface area contributed by atoms with E-state index in [4.69, 9.17) is 0 Å². The quantitative estimate of drug-likeness (QED) is 0.461. The van der Waals surface area contributed by atoms with Crippen molar-refractivity contribution in [3.63, 3.8) is 0 Å². The highest BCUT2D eigenvalue weighted by Crippen LogP contribution is 2.02. The second-order valence-electron chi connectivity index (χ2n) is 3.93. The highest BCUT2D eigenvalue weighted by molar-refractivity contribution is 5.85. The van der Waals surface area contributed by atoms with Crippen molar-refractivity contribution in [2.75, 3.05) is 13.2 Å². The fraction of sp³-hybridized carbons (Fsp3) is 0.833. The highest BCUT2D eigenvalue weighted by Gasteiger charge is 2.32. The van der Waals surface area contributed by atoms with Gasteiger partial charge in [0.05, 0.1) is 13.2 Å². The molecule has 0 saturated carbocycles. The summed E-state index contributed by atoms with van der Waals surface area (Å²) in [5.74, 6) is -2.02. The van der Waals surface area contributed by atoms with Crippen LogP contribution in [0.2, 0.25) is 0 Å². The molecule has 6 heteroatoms. The Labute approximate surface area is 107 Å². The van der Waals surface area contributed by atoms with Crippen LogP contribution in [0, 0.1) is 0 Å². The number of carbonyl (C=O) groups is 2. The topological polar surface area (TPSA) is 93.1 Å². The summed E-state index contributed by atoms with van der Waals surface area (Å²) >= 11 is 0. The number of carbonyl (C=O) groups excluding carboxylic acids is 2. The predicted molar refractivity (Wildman–Crippen MR) is 63.7 cm³/mol. The molecule has 0 fully saturated rings. The van der Waals surface area contributed by atoms with Gasteiger partial charge >= 0.3 is 11.9 Å². The largest absolute Gasteiger partial charge is 0.464 e. The van der Waals surface area contributed by atoms with Crippen LogP contribution in [-0.2, 0) is 19.1 Å². The molecule has 0 aromatic heterocycles. The Balaban J connectivity index is 4.02. The maximum Gasteiger partial charge on any atom is 0.338 e. The second-order valence-corrected chi connectivity index (χ2v) is 3.93. The van der Waals surface area contributed by atoms with Crippen molar-refractivity contribution >= 4 is 11.9 Å². The summed E-state index contributed by atoms with van der Waals surface area (Å²) in [6, 6.07) is 0. The van der Waals surface area contributed by atoms with E-state index in [0.717, 1.165) is 12.8 Å². The minimum Gasteiger partial charge on any atom is -0.464 e. The van der Waals surface area contributed by atoms with Gasteiger partial charge < -0.3 is 19.7 Å². The van der Waals surface area contributed by atoms with E-state index < -0.39 is 24.1 Å². The lowest BCUT2D eigenvalue weighted by Crippen LogP contribution is -2.41. The first kappa shape index (κ1) is 16.9. The fourth-order valence-electron chi connectivity index (χ4n) is 1.06. The number of rotatable bonds is 9. The predicted octanol–water partition coefficient (Wildman–Crippen LogP) is 0.395. The molecule has 2 atom stereocenters. The highest BCUT2D eigenvalue weighted by atomic mass is 16.6. The van der Waals surface area contributed by atoms with Gasteiger partial charge in [-0.15, -0.1) is 0 Å². The third kappa shape index (κ3) is 6.56. The van der Waals surface area contributed by atoms with Crippen LogP contribution in [0.3, 0.4) is 0 Å². The molecule has 6 nitrogen and oxygen atoms in total. The van der Waals surface area contributed by atoms with Crippen molar-refractivity contribution in [1.82, 2.24) is 0 Å². The average Bonchev–Trinajstić information content (AvgIpc) is 2.37. The van der Waals surface area contributed by atoms with E-state index >= 15 is 0 Å². The Kier molecular flexibility index (Phi) is 9.22. The maximum atomic E-state index is 11.3. The number of unbranched alkanes of at least 4 members (excludes halogenated alkanes) is 2. The monoisotopic (exact) mass is 262 g/mol. The van der Waals surface area contributed by atoms with Gasteiger partial charge in [-0.3, -0.25) is 0 Å². The second kappa shape index (κ2) is 9.85. The van der Waals surface area contributed by atoms with Gasteiger partial charge in [0.25, 0.3) is 0 Å². The zero-order chi connectivity index (χ0) is 14.0. The molecule has 0 aliphatic carbocycles. The van der Waals surface area contributed by atoms with Gasteiger partial charge in [0.2, 0.25) is 0 Å². The van der Waals surface area contributed by atoms with E-state index in [1.807, 2.05) is 13.8 Å². The van der Waals surface area contributed by atoms with Crippen LogP contribution in [0.25, 0.3) is 0 Å². The molecule has 0 bridgehead atoms. The van der Waals surface area contributed by atoms with Gasteiger partial charge in [-0.2, -0.15) is 0 Å². The third-order valence-corrected chi connectivity index (χ3v) is 2.27. The molecule has 0 heterocycles. The summed E-state index contributed by atoms with van der Waals surface area (Å²) < 4.78 is 9.37. The van der Waals surface area contributed by atoms with E-state index in [-0.39, 0.29) is 13.2 Å². The SMILES string of the molecule is CCCCOC(=O)C(O)C(O)C(=O)OCCCC. The minimum atomic E-state index is -1.89. The Hall–Kier alpha value is -1.14. The van der Waals surface area contributed by atoms with Crippen LogP contribution in [0.15, 0.2) is 0 Å². The van der Waals surface area contributed by atoms with Crippen molar-refractivity contribution in [2.24, 2.45) is 0 Å². The number of ether oxygens (including phenoxy) is 2. The molecule has 2 unspecified atom stereocenters. The molecule has 0 aromatic rings. The normalized spacial score (nSPS) is 13.8. The molecule has 0 amide bonds. The number of hydrogen-bond donors (Lipinski definition) is 2. The Morgan fingerprint density at radius 3 is 1.50 bits per heavy atom. The van der Waals surface area contributed by atoms with E-state index in [0.29, 0.717) is 12.8 Å². The molecule has 18 heavy (non-hydrogen) atoms. The van der Waals surface area contributed by atoms with E-state index in [9.17, 15) is 19.8 Å². The Bertz CT molecular complexity index is 227. The molecule has 0 radical (unpaired) electrons. The van der Waals surface area contributed by atoms with Crippen LogP contribution in [0.1, 0.15) is 39.5 Å². The smallest absolute Gasteiger partial charge is 0.338 e. The van der Waals surface area contributed by atoms with Gasteiger partial charge in [0, 0.05) is 0 Å². The number of aliphatic hydroxyl groups excluding tert-OH is 2. The number of esters is 2. The van der Waals surface area contributed by atoms with Gasteiger partial charge in [-0.05, 0) is 12.8 Å². The first-order chi connectivity index (χ1) is 8.54. The molecular weight excluding hydrogens is 240 g/mol. The zero-order valence-corrected chi connectivity index (χ0v) is 10.9. The lowest BCUT2D eigenvalue weighted by atomic mass is 10.2. The summed E-state index contributed by atoms with van der Waals surface area (Å²) in [6.07, 6.45) is -0.784. The lowest BCUT2D eigenvalue weighted by Gasteiger charge is -2.15. The Morgan fingerprint density at radius 2 is 1.22 bits per heavy atom. The zero-order valence-electron chi connectivity index (χ0n) is 10.9. The first-order valence-corrected chi connectivity index (χ1v) is 6.24. The van der Waals surface area contributed by atoms with Crippen molar-refractivity contribution in [2.45, 2.75) is 51.7 Å². The van der Waals surface area contributed by atoms with Crippen LogP contribution < -0.4 is 0 Å². The maximum absolute atomic E-state index is 11.3. The van der Waals surface area contributed by atoms with Gasteiger partial charge in [0.15, 0.2) is 12.2 Å². The van der Waals surface area contributed by atoms with Crippen molar-refractivity contribution in [3.05, 3.63) is 0 Å².